The highest BCUT2D eigenvalue weighted by molar-refractivity contribution is 5.69. The van der Waals surface area contributed by atoms with Crippen LogP contribution in [0.2, 0.25) is 0 Å². The van der Waals surface area contributed by atoms with Crippen LogP contribution >= 0.6 is 0 Å². The standard InChI is InChI=1S/C15H20O11/c1-6(16)21-11-12(22-7(2)17)14(24-9(4)19)26-15(25-10(5)20)13(11)23-8(3)18/h11-15H,1-5H3/t11?,12-,13?,14?,15+/m0/s1. The summed E-state index contributed by atoms with van der Waals surface area (Å²) in [5.41, 5.74) is 0. The molecule has 26 heavy (non-hydrogen) atoms. The quantitative estimate of drug-likeness (QED) is 0.456. The average Bonchev–Trinajstić information content (AvgIpc) is 2.44. The predicted octanol–water partition coefficient (Wildman–Crippen LogP) is -0.410. The van der Waals surface area contributed by atoms with Crippen LogP contribution in [0.4, 0.5) is 0 Å². The highest BCUT2D eigenvalue weighted by atomic mass is 16.8. The lowest BCUT2D eigenvalue weighted by Crippen LogP contribution is -2.62. The maximum atomic E-state index is 11.5. The zero-order valence-corrected chi connectivity index (χ0v) is 14.9. The monoisotopic (exact) mass is 376 g/mol. The van der Waals surface area contributed by atoms with Gasteiger partial charge in [-0.2, -0.15) is 0 Å². The molecule has 5 atom stereocenters. The second-order valence-electron chi connectivity index (χ2n) is 5.31. The van der Waals surface area contributed by atoms with Crippen molar-refractivity contribution in [2.24, 2.45) is 0 Å². The molecule has 1 fully saturated rings. The molecule has 0 N–H and O–H groups in total. The fraction of sp³-hybridized carbons (Fsp3) is 0.667. The van der Waals surface area contributed by atoms with Gasteiger partial charge >= 0.3 is 29.8 Å². The molecular weight excluding hydrogens is 356 g/mol. The van der Waals surface area contributed by atoms with Crippen LogP contribution in [0.3, 0.4) is 0 Å². The molecule has 0 aromatic heterocycles. The third-order valence-electron chi connectivity index (χ3n) is 2.92. The van der Waals surface area contributed by atoms with Crippen LogP contribution in [0.25, 0.3) is 0 Å². The number of hydrogen-bond donors (Lipinski definition) is 0. The molecule has 0 amide bonds. The molecule has 1 aliphatic rings. The Hall–Kier alpha value is -2.69. The molecule has 0 radical (unpaired) electrons. The molecule has 1 saturated heterocycles. The van der Waals surface area contributed by atoms with E-state index in [0.717, 1.165) is 34.6 Å². The molecular formula is C15H20O11. The van der Waals surface area contributed by atoms with Crippen LogP contribution in [-0.4, -0.2) is 60.7 Å². The van der Waals surface area contributed by atoms with Crippen molar-refractivity contribution in [2.75, 3.05) is 0 Å². The number of carbonyl (C=O) groups is 5. The zero-order chi connectivity index (χ0) is 20.0. The van der Waals surface area contributed by atoms with Crippen LogP contribution in [0.5, 0.6) is 0 Å². The molecule has 0 bridgehead atoms. The van der Waals surface area contributed by atoms with E-state index in [1.54, 1.807) is 0 Å². The lowest BCUT2D eigenvalue weighted by Gasteiger charge is -2.42. The van der Waals surface area contributed by atoms with Gasteiger partial charge in [0, 0.05) is 34.6 Å². The molecule has 11 heteroatoms. The van der Waals surface area contributed by atoms with Gasteiger partial charge in [-0.05, 0) is 0 Å². The minimum absolute atomic E-state index is 0.804. The van der Waals surface area contributed by atoms with E-state index in [4.69, 9.17) is 28.4 Å². The number of carbonyl (C=O) groups excluding carboxylic acids is 5. The van der Waals surface area contributed by atoms with Gasteiger partial charge in [0.05, 0.1) is 0 Å². The molecule has 3 unspecified atom stereocenters. The second-order valence-corrected chi connectivity index (χ2v) is 5.31. The first-order chi connectivity index (χ1) is 12.0. The minimum atomic E-state index is -1.57. The van der Waals surface area contributed by atoms with Gasteiger partial charge in [0.25, 0.3) is 0 Å². The summed E-state index contributed by atoms with van der Waals surface area (Å²) in [7, 11) is 0. The minimum Gasteiger partial charge on any atom is -0.454 e. The van der Waals surface area contributed by atoms with Gasteiger partial charge in [0.2, 0.25) is 24.8 Å². The lowest BCUT2D eigenvalue weighted by atomic mass is 10.0. The molecule has 11 nitrogen and oxygen atoms in total. The number of ether oxygens (including phenoxy) is 6. The smallest absolute Gasteiger partial charge is 0.305 e. The molecule has 1 rings (SSSR count). The molecule has 0 aromatic carbocycles. The highest BCUT2D eigenvalue weighted by Crippen LogP contribution is 2.30. The Labute approximate surface area is 148 Å². The van der Waals surface area contributed by atoms with E-state index in [0.29, 0.717) is 0 Å². The Bertz CT molecular complexity index is 542. The van der Waals surface area contributed by atoms with E-state index in [2.05, 4.69) is 0 Å². The summed E-state index contributed by atoms with van der Waals surface area (Å²) in [6, 6.07) is 0. The maximum absolute atomic E-state index is 11.5. The van der Waals surface area contributed by atoms with Gasteiger partial charge in [-0.1, -0.05) is 0 Å². The number of hydrogen-bond acceptors (Lipinski definition) is 11. The second kappa shape index (κ2) is 9.13. The van der Waals surface area contributed by atoms with Gasteiger partial charge in [0.1, 0.15) is 0 Å². The molecule has 1 aliphatic heterocycles. The first kappa shape index (κ1) is 21.4. The molecule has 0 aromatic rings. The van der Waals surface area contributed by atoms with E-state index in [1.165, 1.54) is 0 Å². The summed E-state index contributed by atoms with van der Waals surface area (Å²) >= 11 is 0. The molecule has 1 heterocycles. The van der Waals surface area contributed by atoms with E-state index < -0.39 is 60.7 Å². The van der Waals surface area contributed by atoms with Crippen molar-refractivity contribution in [2.45, 2.75) is 65.5 Å². The van der Waals surface area contributed by atoms with E-state index in [1.807, 2.05) is 0 Å². The Morgan fingerprint density at radius 1 is 0.500 bits per heavy atom. The van der Waals surface area contributed by atoms with Crippen molar-refractivity contribution < 1.29 is 52.4 Å². The lowest BCUT2D eigenvalue weighted by molar-refractivity contribution is -0.336. The Kier molecular flexibility index (Phi) is 7.50. The molecule has 146 valence electrons. The van der Waals surface area contributed by atoms with Crippen LogP contribution in [0, 0.1) is 0 Å². The topological polar surface area (TPSA) is 141 Å². The zero-order valence-electron chi connectivity index (χ0n) is 14.9. The summed E-state index contributed by atoms with van der Waals surface area (Å²) in [6.45, 7) is 5.32. The van der Waals surface area contributed by atoms with E-state index >= 15 is 0 Å². The van der Waals surface area contributed by atoms with Crippen LogP contribution < -0.4 is 0 Å². The average molecular weight is 376 g/mol. The summed E-state index contributed by atoms with van der Waals surface area (Å²) in [5, 5.41) is 0. The van der Waals surface area contributed by atoms with Crippen molar-refractivity contribution in [3.8, 4) is 0 Å². The van der Waals surface area contributed by atoms with Gasteiger partial charge < -0.3 is 23.7 Å². The van der Waals surface area contributed by atoms with Crippen LogP contribution in [0.1, 0.15) is 34.6 Å². The van der Waals surface area contributed by atoms with E-state index in [-0.39, 0.29) is 0 Å². The fourth-order valence-corrected chi connectivity index (χ4v) is 2.25. The SMILES string of the molecule is CC(=O)OC1C(OC(C)=O)[C@H](OC(C)=O)C(OC(C)=O)O[C@H]1OC(C)=O. The normalized spacial score (nSPS) is 27.7. The largest absolute Gasteiger partial charge is 0.454 e. The van der Waals surface area contributed by atoms with E-state index in [9.17, 15) is 24.0 Å². The third kappa shape index (κ3) is 6.31. The van der Waals surface area contributed by atoms with Crippen LogP contribution in [-0.2, 0) is 52.4 Å². The highest BCUT2D eigenvalue weighted by Gasteiger charge is 2.54. The Morgan fingerprint density at radius 3 is 1.04 bits per heavy atom. The van der Waals surface area contributed by atoms with Crippen LogP contribution in [0.15, 0.2) is 0 Å². The fourth-order valence-electron chi connectivity index (χ4n) is 2.25. The van der Waals surface area contributed by atoms with Gasteiger partial charge in [-0.15, -0.1) is 0 Å². The number of rotatable bonds is 5. The summed E-state index contributed by atoms with van der Waals surface area (Å²) in [5.74, 6) is -4.03. The number of esters is 5. The van der Waals surface area contributed by atoms with Crippen molar-refractivity contribution >= 4 is 29.8 Å². The maximum Gasteiger partial charge on any atom is 0.305 e. The van der Waals surface area contributed by atoms with Crippen molar-refractivity contribution in [3.05, 3.63) is 0 Å². The molecule has 0 saturated carbocycles. The van der Waals surface area contributed by atoms with Gasteiger partial charge in [-0.3, -0.25) is 28.7 Å². The van der Waals surface area contributed by atoms with Crippen molar-refractivity contribution in [3.63, 3.8) is 0 Å². The van der Waals surface area contributed by atoms with Gasteiger partial charge in [-0.25, -0.2) is 0 Å². The predicted molar refractivity (Wildman–Crippen MR) is 78.9 cm³/mol. The molecule has 0 spiro atoms. The van der Waals surface area contributed by atoms with Crippen molar-refractivity contribution in [1.82, 2.24) is 0 Å². The molecule has 0 aliphatic carbocycles. The summed E-state index contributed by atoms with van der Waals surface area (Å²) < 4.78 is 30.3. The van der Waals surface area contributed by atoms with Crippen molar-refractivity contribution in [1.29, 1.82) is 0 Å². The summed E-state index contributed by atoms with van der Waals surface area (Å²) in [4.78, 5) is 56.9. The van der Waals surface area contributed by atoms with Gasteiger partial charge in [0.15, 0.2) is 6.10 Å². The first-order valence-corrected chi connectivity index (χ1v) is 7.52. The first-order valence-electron chi connectivity index (χ1n) is 7.52. The Balaban J connectivity index is 3.32. The Morgan fingerprint density at radius 2 is 0.769 bits per heavy atom. The third-order valence-corrected chi connectivity index (χ3v) is 2.92. The summed E-state index contributed by atoms with van der Waals surface area (Å²) in [6.07, 6.45) is -7.52.